The number of carbonyl (C=O) groups is 2. The first-order valence-corrected chi connectivity index (χ1v) is 7.72. The fourth-order valence-electron chi connectivity index (χ4n) is 3.70. The minimum Gasteiger partial charge on any atom is -0.481 e. The number of carboxylic acids is 1. The molecule has 2 saturated heterocycles. The van der Waals surface area contributed by atoms with E-state index in [0.29, 0.717) is 31.5 Å². The molecule has 126 valence electrons. The van der Waals surface area contributed by atoms with E-state index < -0.39 is 17.4 Å². The van der Waals surface area contributed by atoms with Gasteiger partial charge in [-0.05, 0) is 18.9 Å². The molecule has 0 aromatic carbocycles. The number of nitriles is 1. The molecular weight excluding hydrogens is 312 g/mol. The van der Waals surface area contributed by atoms with E-state index in [1.165, 1.54) is 7.11 Å². The van der Waals surface area contributed by atoms with Crippen LogP contribution >= 0.6 is 0 Å². The molecule has 0 unspecified atom stereocenters. The van der Waals surface area contributed by atoms with Crippen molar-refractivity contribution >= 4 is 17.6 Å². The molecule has 3 heterocycles. The Hall–Kier alpha value is -2.82. The van der Waals surface area contributed by atoms with Crippen molar-refractivity contribution in [2.24, 2.45) is 5.92 Å². The van der Waals surface area contributed by atoms with Crippen LogP contribution in [0.1, 0.15) is 24.8 Å². The van der Waals surface area contributed by atoms with Gasteiger partial charge in [-0.15, -0.1) is 0 Å². The van der Waals surface area contributed by atoms with Crippen LogP contribution in [0.5, 0.6) is 5.88 Å². The Morgan fingerprint density at radius 1 is 1.54 bits per heavy atom. The highest BCUT2D eigenvalue weighted by Gasteiger charge is 2.51. The molecule has 0 radical (unpaired) electrons. The van der Waals surface area contributed by atoms with Crippen molar-refractivity contribution in [3.8, 4) is 11.9 Å². The molecule has 24 heavy (non-hydrogen) atoms. The summed E-state index contributed by atoms with van der Waals surface area (Å²) in [6.07, 6.45) is 2.65. The van der Waals surface area contributed by atoms with Gasteiger partial charge in [-0.25, -0.2) is 4.98 Å². The lowest BCUT2D eigenvalue weighted by molar-refractivity contribution is -0.144. The summed E-state index contributed by atoms with van der Waals surface area (Å²) in [6, 6.07) is 3.87. The summed E-state index contributed by atoms with van der Waals surface area (Å²) in [5, 5.41) is 21.7. The maximum Gasteiger partial charge on any atom is 0.309 e. The summed E-state index contributed by atoms with van der Waals surface area (Å²) in [5.74, 6) is -1.58. The minimum atomic E-state index is -0.940. The van der Waals surface area contributed by atoms with Crippen LogP contribution in [-0.4, -0.2) is 47.7 Å². The highest BCUT2D eigenvalue weighted by molar-refractivity contribution is 5.88. The molecule has 1 atom stereocenters. The van der Waals surface area contributed by atoms with E-state index in [4.69, 9.17) is 4.74 Å². The number of methoxy groups -OCH3 is 1. The van der Waals surface area contributed by atoms with Crippen LogP contribution < -0.4 is 15.0 Å². The van der Waals surface area contributed by atoms with Gasteiger partial charge in [0.2, 0.25) is 11.8 Å². The molecule has 2 fully saturated rings. The average molecular weight is 330 g/mol. The van der Waals surface area contributed by atoms with Crippen LogP contribution in [0.2, 0.25) is 0 Å². The monoisotopic (exact) mass is 330 g/mol. The van der Waals surface area contributed by atoms with E-state index in [9.17, 15) is 20.0 Å². The zero-order chi connectivity index (χ0) is 17.3. The average Bonchev–Trinajstić information content (AvgIpc) is 2.91. The van der Waals surface area contributed by atoms with Gasteiger partial charge < -0.3 is 20.1 Å². The lowest BCUT2D eigenvalue weighted by atomic mass is 9.77. The minimum absolute atomic E-state index is 0.0296. The quantitative estimate of drug-likeness (QED) is 0.830. The lowest BCUT2D eigenvalue weighted by Crippen LogP contribution is -2.55. The van der Waals surface area contributed by atoms with Crippen LogP contribution in [0.25, 0.3) is 0 Å². The van der Waals surface area contributed by atoms with Gasteiger partial charge in [-0.1, -0.05) is 0 Å². The molecule has 3 rings (SSSR count). The number of amides is 1. The van der Waals surface area contributed by atoms with Crippen molar-refractivity contribution in [1.82, 2.24) is 10.3 Å². The van der Waals surface area contributed by atoms with E-state index in [-0.39, 0.29) is 18.2 Å². The number of piperidine rings is 1. The number of carboxylic acid groups (broad SMARTS) is 1. The largest absolute Gasteiger partial charge is 0.481 e. The summed E-state index contributed by atoms with van der Waals surface area (Å²) in [7, 11) is 1.46. The highest BCUT2D eigenvalue weighted by atomic mass is 16.5. The summed E-state index contributed by atoms with van der Waals surface area (Å²) in [4.78, 5) is 29.2. The van der Waals surface area contributed by atoms with Crippen molar-refractivity contribution in [1.29, 1.82) is 5.26 Å². The first-order valence-electron chi connectivity index (χ1n) is 7.72. The molecule has 1 amide bonds. The molecule has 8 heteroatoms. The summed E-state index contributed by atoms with van der Waals surface area (Å²) < 4.78 is 5.13. The normalized spacial score (nSPS) is 22.1. The first-order chi connectivity index (χ1) is 11.5. The summed E-state index contributed by atoms with van der Waals surface area (Å²) in [5.41, 5.74) is 0.389. The number of carbonyl (C=O) groups excluding carboxylic acids is 1. The lowest BCUT2D eigenvalue weighted by Gasteiger charge is -2.42. The van der Waals surface area contributed by atoms with Gasteiger partial charge in [-0.2, -0.15) is 5.26 Å². The number of hydrogen-bond acceptors (Lipinski definition) is 6. The van der Waals surface area contributed by atoms with Crippen molar-refractivity contribution in [2.45, 2.75) is 24.8 Å². The fourth-order valence-corrected chi connectivity index (χ4v) is 3.70. The molecule has 2 aliphatic rings. The number of nitrogens with one attached hydrogen (secondary N) is 1. The molecule has 2 N–H and O–H groups in total. The molecular formula is C16H18N4O4. The van der Waals surface area contributed by atoms with E-state index in [1.54, 1.807) is 12.3 Å². The van der Waals surface area contributed by atoms with E-state index in [1.807, 2.05) is 4.90 Å². The topological polar surface area (TPSA) is 116 Å². The van der Waals surface area contributed by atoms with Gasteiger partial charge in [0.15, 0.2) is 0 Å². The summed E-state index contributed by atoms with van der Waals surface area (Å²) >= 11 is 0. The number of aromatic nitrogens is 1. The van der Waals surface area contributed by atoms with E-state index in [2.05, 4.69) is 16.4 Å². The zero-order valence-corrected chi connectivity index (χ0v) is 13.3. The number of pyridine rings is 1. The third-order valence-corrected chi connectivity index (χ3v) is 4.94. The molecule has 0 saturated carbocycles. The second kappa shape index (κ2) is 6.00. The van der Waals surface area contributed by atoms with Gasteiger partial charge in [0, 0.05) is 25.7 Å². The Kier molecular flexibility index (Phi) is 4.01. The molecule has 2 aliphatic heterocycles. The van der Waals surface area contributed by atoms with E-state index >= 15 is 0 Å². The van der Waals surface area contributed by atoms with Crippen molar-refractivity contribution in [2.75, 3.05) is 25.1 Å². The Balaban J connectivity index is 1.82. The number of nitrogens with zero attached hydrogens (tertiary/aromatic N) is 3. The fraction of sp³-hybridized carbons (Fsp3) is 0.500. The molecule has 1 aromatic rings. The van der Waals surface area contributed by atoms with Gasteiger partial charge in [0.1, 0.15) is 11.6 Å². The zero-order valence-electron chi connectivity index (χ0n) is 13.3. The number of rotatable bonds is 3. The SMILES string of the molecule is COc1nccc(N2CCC3(CC2)NC(=O)C[C@@H]3C(=O)O)c1C#N. The predicted molar refractivity (Wildman–Crippen MR) is 83.6 cm³/mol. The van der Waals surface area contributed by atoms with Crippen LogP contribution in [0.3, 0.4) is 0 Å². The Morgan fingerprint density at radius 2 is 2.25 bits per heavy atom. The summed E-state index contributed by atoms with van der Waals surface area (Å²) in [6.45, 7) is 1.10. The second-order valence-electron chi connectivity index (χ2n) is 6.11. The predicted octanol–water partition coefficient (Wildman–Crippen LogP) is 0.522. The number of anilines is 1. The Bertz CT molecular complexity index is 719. The van der Waals surface area contributed by atoms with Crippen LogP contribution in [0.15, 0.2) is 12.3 Å². The van der Waals surface area contributed by atoms with Crippen molar-refractivity contribution < 1.29 is 19.4 Å². The van der Waals surface area contributed by atoms with Crippen molar-refractivity contribution in [3.05, 3.63) is 17.8 Å². The van der Waals surface area contributed by atoms with Crippen LogP contribution in [-0.2, 0) is 9.59 Å². The first kappa shape index (κ1) is 16.1. The molecule has 1 aromatic heterocycles. The van der Waals surface area contributed by atoms with E-state index in [0.717, 1.165) is 5.69 Å². The number of ether oxygens (including phenoxy) is 1. The van der Waals surface area contributed by atoms with Gasteiger partial charge in [0.25, 0.3) is 0 Å². The third-order valence-electron chi connectivity index (χ3n) is 4.94. The van der Waals surface area contributed by atoms with Gasteiger partial charge in [-0.3, -0.25) is 9.59 Å². The number of hydrogen-bond donors (Lipinski definition) is 2. The van der Waals surface area contributed by atoms with Crippen molar-refractivity contribution in [3.63, 3.8) is 0 Å². The van der Waals surface area contributed by atoms with Gasteiger partial charge >= 0.3 is 5.97 Å². The number of aliphatic carboxylic acids is 1. The van der Waals surface area contributed by atoms with Crippen LogP contribution in [0.4, 0.5) is 5.69 Å². The molecule has 0 bridgehead atoms. The third kappa shape index (κ3) is 2.52. The molecule has 8 nitrogen and oxygen atoms in total. The molecule has 1 spiro atoms. The van der Waals surface area contributed by atoms with Crippen LogP contribution in [0, 0.1) is 17.2 Å². The van der Waals surface area contributed by atoms with Gasteiger partial charge in [0.05, 0.1) is 24.3 Å². The Labute approximate surface area is 139 Å². The Morgan fingerprint density at radius 3 is 2.83 bits per heavy atom. The maximum absolute atomic E-state index is 11.7. The standard InChI is InChI=1S/C16H18N4O4/c1-24-14-10(9-17)12(2-5-18-14)20-6-3-16(4-7-20)11(15(22)23)8-13(21)19-16/h2,5,11H,3-4,6-8H2,1H3,(H,19,21)(H,22,23)/t11-/m1/s1. The second-order valence-corrected chi connectivity index (χ2v) is 6.11. The molecule has 0 aliphatic carbocycles. The smallest absolute Gasteiger partial charge is 0.309 e. The highest BCUT2D eigenvalue weighted by Crippen LogP contribution is 2.39. The maximum atomic E-state index is 11.7.